The van der Waals surface area contributed by atoms with E-state index < -0.39 is 56.5 Å². The highest BCUT2D eigenvalue weighted by Crippen LogP contribution is 2.50. The van der Waals surface area contributed by atoms with Crippen LogP contribution in [0.15, 0.2) is 55.1 Å². The second kappa shape index (κ2) is 12.4. The van der Waals surface area contributed by atoms with Crippen molar-refractivity contribution in [1.29, 1.82) is 0 Å². The molecule has 0 saturated heterocycles. The summed E-state index contributed by atoms with van der Waals surface area (Å²) in [5.74, 6) is -1.97. The van der Waals surface area contributed by atoms with Gasteiger partial charge in [0, 0.05) is 11.6 Å². The van der Waals surface area contributed by atoms with E-state index in [1.807, 2.05) is 51.1 Å². The Morgan fingerprint density at radius 1 is 1.18 bits per heavy atom. The SMILES string of the molecule is C=CC[C@H]1Cc2cc(F)c([C@@H](C)N[S@@](=O)C(C)(C)C)cc2[C@@]1(CC(=O)OC(C)(C)C)C(=O)OCc1ccccc1. The Bertz CT molecular complexity index is 1260. The summed E-state index contributed by atoms with van der Waals surface area (Å²) in [6.45, 7) is 16.4. The van der Waals surface area contributed by atoms with Gasteiger partial charge in [-0.3, -0.25) is 9.59 Å². The van der Waals surface area contributed by atoms with Crippen LogP contribution in [-0.2, 0) is 48.5 Å². The standard InChI is InChI=1S/C32H42FNO5S/c1-9-13-24-16-23-17-27(33)25(21(2)34-40(37)31(6,7)8)18-26(23)32(24,19-28(35)39-30(3,4)5)29(36)38-20-22-14-11-10-12-15-22/h9-12,14-15,17-18,21,24,34H,1,13,16,19-20H2,2-8H3/t21-,24+,32+,40+/m1/s1. The van der Waals surface area contributed by atoms with Crippen LogP contribution in [-0.4, -0.2) is 26.5 Å². The van der Waals surface area contributed by atoms with Gasteiger partial charge in [0.15, 0.2) is 0 Å². The number of hydrogen-bond acceptors (Lipinski definition) is 5. The molecule has 0 aliphatic heterocycles. The molecule has 1 aliphatic carbocycles. The number of rotatable bonds is 10. The number of benzene rings is 2. The second-order valence-electron chi connectivity index (χ2n) is 12.5. The first-order chi connectivity index (χ1) is 18.6. The van der Waals surface area contributed by atoms with Crippen LogP contribution in [0.5, 0.6) is 0 Å². The van der Waals surface area contributed by atoms with Gasteiger partial charge in [0.05, 0.1) is 22.2 Å². The topological polar surface area (TPSA) is 81.7 Å². The number of carbonyl (C=O) groups excluding carboxylic acids is 2. The molecule has 4 atom stereocenters. The fourth-order valence-corrected chi connectivity index (χ4v) is 5.94. The van der Waals surface area contributed by atoms with Gasteiger partial charge in [-0.1, -0.05) is 36.4 Å². The molecule has 0 unspecified atom stereocenters. The second-order valence-corrected chi connectivity index (χ2v) is 14.5. The van der Waals surface area contributed by atoms with E-state index in [4.69, 9.17) is 9.47 Å². The molecule has 2 aromatic rings. The van der Waals surface area contributed by atoms with E-state index in [2.05, 4.69) is 11.3 Å². The largest absolute Gasteiger partial charge is 0.460 e. The van der Waals surface area contributed by atoms with Crippen molar-refractivity contribution < 1.29 is 27.7 Å². The van der Waals surface area contributed by atoms with E-state index in [0.29, 0.717) is 24.0 Å². The molecule has 40 heavy (non-hydrogen) atoms. The van der Waals surface area contributed by atoms with Crippen molar-refractivity contribution in [2.75, 3.05) is 0 Å². The molecule has 0 heterocycles. The van der Waals surface area contributed by atoms with E-state index in [-0.39, 0.29) is 18.6 Å². The summed E-state index contributed by atoms with van der Waals surface area (Å²) in [4.78, 5) is 27.5. The van der Waals surface area contributed by atoms with Crippen LogP contribution >= 0.6 is 0 Å². The van der Waals surface area contributed by atoms with Crippen molar-refractivity contribution in [2.24, 2.45) is 5.92 Å². The van der Waals surface area contributed by atoms with Crippen LogP contribution in [0.3, 0.4) is 0 Å². The van der Waals surface area contributed by atoms with Gasteiger partial charge in [-0.2, -0.15) is 0 Å². The monoisotopic (exact) mass is 571 g/mol. The molecule has 1 aliphatic rings. The highest BCUT2D eigenvalue weighted by molar-refractivity contribution is 7.84. The van der Waals surface area contributed by atoms with Gasteiger partial charge in [-0.05, 0) is 96.0 Å². The summed E-state index contributed by atoms with van der Waals surface area (Å²) in [5.41, 5.74) is 0.0770. The van der Waals surface area contributed by atoms with Crippen LogP contribution in [0.25, 0.3) is 0 Å². The Morgan fingerprint density at radius 2 is 1.82 bits per heavy atom. The minimum atomic E-state index is -1.45. The molecule has 0 spiro atoms. The number of fused-ring (bicyclic) bond motifs is 1. The van der Waals surface area contributed by atoms with Crippen molar-refractivity contribution in [3.05, 3.63) is 83.2 Å². The minimum Gasteiger partial charge on any atom is -0.460 e. The molecule has 0 saturated carbocycles. The molecule has 6 nitrogen and oxygen atoms in total. The Morgan fingerprint density at radius 3 is 2.40 bits per heavy atom. The van der Waals surface area contributed by atoms with Gasteiger partial charge in [0.1, 0.15) is 23.4 Å². The number of carbonyl (C=O) groups is 2. The average Bonchev–Trinajstić information content (AvgIpc) is 3.13. The third-order valence-corrected chi connectivity index (χ3v) is 8.72. The van der Waals surface area contributed by atoms with Crippen LogP contribution in [0.4, 0.5) is 4.39 Å². The first-order valence-corrected chi connectivity index (χ1v) is 14.8. The lowest BCUT2D eigenvalue weighted by Crippen LogP contribution is -2.45. The maximum atomic E-state index is 15.5. The Balaban J connectivity index is 2.12. The molecular weight excluding hydrogens is 529 g/mol. The van der Waals surface area contributed by atoms with Gasteiger partial charge in [-0.25, -0.2) is 13.3 Å². The molecule has 218 valence electrons. The van der Waals surface area contributed by atoms with Crippen molar-refractivity contribution in [3.8, 4) is 0 Å². The van der Waals surface area contributed by atoms with Gasteiger partial charge >= 0.3 is 11.9 Å². The zero-order chi connectivity index (χ0) is 29.9. The molecule has 0 amide bonds. The Kier molecular flexibility index (Phi) is 9.78. The first-order valence-electron chi connectivity index (χ1n) is 13.6. The lowest BCUT2D eigenvalue weighted by Gasteiger charge is -2.34. The normalized spacial score (nSPS) is 20.4. The van der Waals surface area contributed by atoms with Crippen LogP contribution in [0.1, 0.15) is 89.6 Å². The molecule has 0 fully saturated rings. The number of hydrogen-bond donors (Lipinski definition) is 1. The number of ether oxygens (including phenoxy) is 2. The fraction of sp³-hybridized carbons (Fsp3) is 0.500. The lowest BCUT2D eigenvalue weighted by atomic mass is 9.70. The Hall–Kier alpha value is -2.84. The van der Waals surface area contributed by atoms with E-state index >= 15 is 4.39 Å². The maximum absolute atomic E-state index is 15.5. The number of halogens is 1. The van der Waals surface area contributed by atoms with Gasteiger partial charge in [-0.15, -0.1) is 6.58 Å². The zero-order valence-corrected chi connectivity index (χ0v) is 25.5. The summed E-state index contributed by atoms with van der Waals surface area (Å²) in [6, 6.07) is 11.7. The maximum Gasteiger partial charge on any atom is 0.317 e. The van der Waals surface area contributed by atoms with E-state index in [0.717, 1.165) is 5.56 Å². The van der Waals surface area contributed by atoms with Crippen molar-refractivity contribution in [1.82, 2.24) is 4.72 Å². The summed E-state index contributed by atoms with van der Waals surface area (Å²) < 4.78 is 42.3. The highest BCUT2D eigenvalue weighted by Gasteiger charge is 2.55. The van der Waals surface area contributed by atoms with Crippen molar-refractivity contribution in [2.45, 2.75) is 96.1 Å². The smallest absolute Gasteiger partial charge is 0.317 e. The fourth-order valence-electron chi connectivity index (χ4n) is 5.14. The highest BCUT2D eigenvalue weighted by atomic mass is 32.2. The number of allylic oxidation sites excluding steroid dienone is 1. The third-order valence-electron chi connectivity index (χ3n) is 7.04. The van der Waals surface area contributed by atoms with Crippen molar-refractivity contribution in [3.63, 3.8) is 0 Å². The third kappa shape index (κ3) is 7.26. The zero-order valence-electron chi connectivity index (χ0n) is 24.6. The molecule has 0 bridgehead atoms. The summed E-state index contributed by atoms with van der Waals surface area (Å²) >= 11 is 0. The van der Waals surface area contributed by atoms with Crippen LogP contribution < -0.4 is 4.72 Å². The minimum absolute atomic E-state index is 0.0302. The quantitative estimate of drug-likeness (QED) is 0.264. The molecule has 2 aromatic carbocycles. The van der Waals surface area contributed by atoms with E-state index in [1.54, 1.807) is 39.8 Å². The summed E-state index contributed by atoms with van der Waals surface area (Å²) in [5, 5.41) is 0. The van der Waals surface area contributed by atoms with Gasteiger partial charge in [0.25, 0.3) is 0 Å². The number of esters is 2. The summed E-state index contributed by atoms with van der Waals surface area (Å²) in [6.07, 6.45) is 2.23. The van der Waals surface area contributed by atoms with Crippen LogP contribution in [0, 0.1) is 11.7 Å². The molecule has 0 aromatic heterocycles. The molecule has 0 radical (unpaired) electrons. The summed E-state index contributed by atoms with van der Waals surface area (Å²) in [7, 11) is -1.45. The van der Waals surface area contributed by atoms with Crippen molar-refractivity contribution >= 4 is 22.9 Å². The van der Waals surface area contributed by atoms with Gasteiger partial charge < -0.3 is 9.47 Å². The molecule has 3 rings (SSSR count). The molecule has 8 heteroatoms. The molecular formula is C32H42FNO5S. The average molecular weight is 572 g/mol. The van der Waals surface area contributed by atoms with E-state index in [9.17, 15) is 13.8 Å². The predicted molar refractivity (Wildman–Crippen MR) is 156 cm³/mol. The first kappa shape index (κ1) is 31.7. The predicted octanol–water partition coefficient (Wildman–Crippen LogP) is 6.40. The Labute approximate surface area is 240 Å². The number of nitrogens with one attached hydrogen (secondary N) is 1. The van der Waals surface area contributed by atoms with E-state index in [1.165, 1.54) is 6.07 Å². The molecule has 1 N–H and O–H groups in total. The van der Waals surface area contributed by atoms with Gasteiger partial charge in [0.2, 0.25) is 0 Å². The lowest BCUT2D eigenvalue weighted by molar-refractivity contribution is -0.165. The van der Waals surface area contributed by atoms with Crippen LogP contribution in [0.2, 0.25) is 0 Å².